The minimum Gasteiger partial charge on any atom is -0.395 e. The van der Waals surface area contributed by atoms with Crippen molar-refractivity contribution in [2.75, 3.05) is 20.2 Å². The van der Waals surface area contributed by atoms with Gasteiger partial charge in [0.2, 0.25) is 0 Å². The van der Waals surface area contributed by atoms with Gasteiger partial charge in [0.25, 0.3) is 11.6 Å². The van der Waals surface area contributed by atoms with Crippen LogP contribution in [0.3, 0.4) is 0 Å². The molecule has 1 aliphatic heterocycles. The molecule has 3 amide bonds. The van der Waals surface area contributed by atoms with E-state index in [1.165, 1.54) is 5.32 Å². The molecule has 92 valence electrons. The lowest BCUT2D eigenvalue weighted by Gasteiger charge is -2.29. The van der Waals surface area contributed by atoms with Crippen molar-refractivity contribution in [3.8, 4) is 0 Å². The SMILES string of the molecule is CN1C(=O)NC(NCCO)(C(F)(F)F)C1=O. The number of alkyl halides is 3. The van der Waals surface area contributed by atoms with E-state index < -0.39 is 36.9 Å². The van der Waals surface area contributed by atoms with Gasteiger partial charge in [-0.2, -0.15) is 13.2 Å². The van der Waals surface area contributed by atoms with Crippen LogP contribution >= 0.6 is 0 Å². The molecule has 1 unspecified atom stereocenters. The smallest absolute Gasteiger partial charge is 0.395 e. The summed E-state index contributed by atoms with van der Waals surface area (Å²) in [7, 11) is 0.936. The zero-order valence-corrected chi connectivity index (χ0v) is 8.26. The summed E-state index contributed by atoms with van der Waals surface area (Å²) in [6.07, 6.45) is -4.99. The number of carbonyl (C=O) groups is 2. The Hall–Kier alpha value is -1.35. The fourth-order valence-electron chi connectivity index (χ4n) is 1.30. The maximum absolute atomic E-state index is 12.7. The van der Waals surface area contributed by atoms with Gasteiger partial charge in [0.15, 0.2) is 0 Å². The van der Waals surface area contributed by atoms with Crippen molar-refractivity contribution in [2.45, 2.75) is 11.8 Å². The lowest BCUT2D eigenvalue weighted by Crippen LogP contribution is -2.68. The van der Waals surface area contributed by atoms with E-state index in [4.69, 9.17) is 5.11 Å². The van der Waals surface area contributed by atoms with Gasteiger partial charge in [0, 0.05) is 13.6 Å². The molecule has 0 aromatic carbocycles. The monoisotopic (exact) mass is 241 g/mol. The van der Waals surface area contributed by atoms with E-state index in [1.54, 1.807) is 5.32 Å². The molecule has 0 aliphatic carbocycles. The van der Waals surface area contributed by atoms with Crippen molar-refractivity contribution in [3.63, 3.8) is 0 Å². The zero-order chi connectivity index (χ0) is 12.6. The second-order valence-electron chi connectivity index (χ2n) is 3.19. The first-order valence-corrected chi connectivity index (χ1v) is 4.29. The van der Waals surface area contributed by atoms with Gasteiger partial charge >= 0.3 is 12.2 Å². The van der Waals surface area contributed by atoms with Crippen LogP contribution in [0, 0.1) is 0 Å². The maximum Gasteiger partial charge on any atom is 0.434 e. The number of rotatable bonds is 3. The van der Waals surface area contributed by atoms with Crippen molar-refractivity contribution in [1.29, 1.82) is 0 Å². The minimum atomic E-state index is -4.99. The Bertz CT molecular complexity index is 320. The molecule has 6 nitrogen and oxygen atoms in total. The van der Waals surface area contributed by atoms with Crippen molar-refractivity contribution in [1.82, 2.24) is 15.5 Å². The molecular formula is C7H10F3N3O3. The Morgan fingerprint density at radius 2 is 2.06 bits per heavy atom. The average molecular weight is 241 g/mol. The van der Waals surface area contributed by atoms with E-state index in [1.807, 2.05) is 0 Å². The number of amides is 3. The first-order chi connectivity index (χ1) is 7.26. The first kappa shape index (κ1) is 12.7. The molecule has 1 fully saturated rings. The van der Waals surface area contributed by atoms with Crippen LogP contribution in [-0.2, 0) is 4.79 Å². The number of aliphatic hydroxyl groups is 1. The van der Waals surface area contributed by atoms with Crippen LogP contribution in [-0.4, -0.2) is 54.0 Å². The highest BCUT2D eigenvalue weighted by molar-refractivity contribution is 6.07. The topological polar surface area (TPSA) is 81.7 Å². The molecule has 0 radical (unpaired) electrons. The Labute approximate surface area is 88.4 Å². The summed E-state index contributed by atoms with van der Waals surface area (Å²) in [5.41, 5.74) is -3.14. The van der Waals surface area contributed by atoms with Gasteiger partial charge in [0.05, 0.1) is 6.61 Å². The molecule has 0 saturated carbocycles. The molecular weight excluding hydrogens is 231 g/mol. The number of urea groups is 1. The number of hydrogen-bond donors (Lipinski definition) is 3. The van der Waals surface area contributed by atoms with Crippen molar-refractivity contribution < 1.29 is 27.9 Å². The van der Waals surface area contributed by atoms with Crippen LogP contribution in [0.1, 0.15) is 0 Å². The molecule has 1 atom stereocenters. The van der Waals surface area contributed by atoms with Crippen molar-refractivity contribution in [2.24, 2.45) is 0 Å². The van der Waals surface area contributed by atoms with Gasteiger partial charge in [-0.25, -0.2) is 4.79 Å². The van der Waals surface area contributed by atoms with Gasteiger partial charge in [0.1, 0.15) is 0 Å². The predicted octanol–water partition coefficient (Wildman–Crippen LogP) is -0.992. The van der Waals surface area contributed by atoms with Crippen molar-refractivity contribution >= 4 is 11.9 Å². The van der Waals surface area contributed by atoms with Gasteiger partial charge in [-0.15, -0.1) is 0 Å². The van der Waals surface area contributed by atoms with Gasteiger partial charge in [-0.1, -0.05) is 0 Å². The molecule has 0 bridgehead atoms. The second kappa shape index (κ2) is 3.91. The summed E-state index contributed by atoms with van der Waals surface area (Å²) in [6.45, 7) is -1.07. The summed E-state index contributed by atoms with van der Waals surface area (Å²) >= 11 is 0. The standard InChI is InChI=1S/C7H10F3N3O3/c1-13-4(15)6(7(8,9)10,11-2-3-14)12-5(13)16/h11,14H,2-3H2,1H3,(H,12,16). The third-order valence-electron chi connectivity index (χ3n) is 2.15. The third-order valence-corrected chi connectivity index (χ3v) is 2.15. The van der Waals surface area contributed by atoms with Gasteiger partial charge < -0.3 is 10.4 Å². The molecule has 9 heteroatoms. The molecule has 1 heterocycles. The maximum atomic E-state index is 12.7. The molecule has 0 aromatic rings. The molecule has 3 N–H and O–H groups in total. The predicted molar refractivity (Wildman–Crippen MR) is 45.2 cm³/mol. The Morgan fingerprint density at radius 3 is 2.38 bits per heavy atom. The number of carbonyl (C=O) groups excluding carboxylic acids is 2. The van der Waals surface area contributed by atoms with Gasteiger partial charge in [-0.05, 0) is 0 Å². The summed E-state index contributed by atoms with van der Waals surface area (Å²) < 4.78 is 38.2. The Kier molecular flexibility index (Phi) is 3.10. The highest BCUT2D eigenvalue weighted by Crippen LogP contribution is 2.32. The number of imide groups is 1. The summed E-state index contributed by atoms with van der Waals surface area (Å²) in [5, 5.41) is 11.8. The number of halogens is 3. The molecule has 16 heavy (non-hydrogen) atoms. The summed E-state index contributed by atoms with van der Waals surface area (Å²) in [6, 6.07) is -1.15. The summed E-state index contributed by atoms with van der Waals surface area (Å²) in [5.74, 6) is -1.45. The lowest BCUT2D eigenvalue weighted by molar-refractivity contribution is -0.202. The Balaban J connectivity index is 3.07. The number of likely N-dealkylation sites (N-methyl/N-ethyl adjacent to an activating group) is 1. The third kappa shape index (κ3) is 1.71. The molecule has 1 rings (SSSR count). The van der Waals surface area contributed by atoms with Crippen LogP contribution in [0.4, 0.5) is 18.0 Å². The number of nitrogens with zero attached hydrogens (tertiary/aromatic N) is 1. The van der Waals surface area contributed by atoms with E-state index in [0.717, 1.165) is 7.05 Å². The molecule has 1 saturated heterocycles. The van der Waals surface area contributed by atoms with Gasteiger partial charge in [-0.3, -0.25) is 15.0 Å². The van der Waals surface area contributed by atoms with Crippen molar-refractivity contribution in [3.05, 3.63) is 0 Å². The highest BCUT2D eigenvalue weighted by Gasteiger charge is 2.66. The minimum absolute atomic E-state index is 0.331. The highest BCUT2D eigenvalue weighted by atomic mass is 19.4. The van der Waals surface area contributed by atoms with Crippen LogP contribution in [0.5, 0.6) is 0 Å². The quantitative estimate of drug-likeness (QED) is 0.554. The molecule has 0 aromatic heterocycles. The van der Waals surface area contributed by atoms with E-state index in [2.05, 4.69) is 0 Å². The number of nitrogens with one attached hydrogen (secondary N) is 2. The average Bonchev–Trinajstić information content (AvgIpc) is 2.40. The fraction of sp³-hybridized carbons (Fsp3) is 0.714. The largest absolute Gasteiger partial charge is 0.434 e. The number of hydrogen-bond acceptors (Lipinski definition) is 4. The van der Waals surface area contributed by atoms with E-state index in [-0.39, 0.29) is 0 Å². The van der Waals surface area contributed by atoms with Crippen LogP contribution in [0.2, 0.25) is 0 Å². The molecule has 0 spiro atoms. The second-order valence-corrected chi connectivity index (χ2v) is 3.19. The van der Waals surface area contributed by atoms with E-state index in [9.17, 15) is 22.8 Å². The lowest BCUT2D eigenvalue weighted by atomic mass is 10.1. The van der Waals surface area contributed by atoms with Crippen LogP contribution in [0.25, 0.3) is 0 Å². The van der Waals surface area contributed by atoms with E-state index >= 15 is 0 Å². The summed E-state index contributed by atoms with van der Waals surface area (Å²) in [4.78, 5) is 22.7. The first-order valence-electron chi connectivity index (χ1n) is 4.29. The number of aliphatic hydroxyl groups excluding tert-OH is 1. The Morgan fingerprint density at radius 1 is 1.50 bits per heavy atom. The van der Waals surface area contributed by atoms with Crippen LogP contribution in [0.15, 0.2) is 0 Å². The molecule has 1 aliphatic rings. The fourth-order valence-corrected chi connectivity index (χ4v) is 1.30. The normalized spacial score (nSPS) is 26.2. The van der Waals surface area contributed by atoms with Crippen LogP contribution < -0.4 is 10.6 Å². The zero-order valence-electron chi connectivity index (χ0n) is 8.26. The van der Waals surface area contributed by atoms with E-state index in [0.29, 0.717) is 4.90 Å².